The van der Waals surface area contributed by atoms with Crippen molar-refractivity contribution in [2.75, 3.05) is 0 Å². The lowest BCUT2D eigenvalue weighted by Crippen LogP contribution is -2.11. The van der Waals surface area contributed by atoms with Crippen LogP contribution in [0.25, 0.3) is 0 Å². The SMILES string of the molecule is Cc1cc(C)c(C[P+](=O)OC(O)Cc2ccccc2)c(C)c1. The summed E-state index contributed by atoms with van der Waals surface area (Å²) in [5.74, 6) is 0. The van der Waals surface area contributed by atoms with E-state index in [0.717, 1.165) is 22.3 Å². The quantitative estimate of drug-likeness (QED) is 0.633. The molecule has 0 radical (unpaired) electrons. The van der Waals surface area contributed by atoms with Gasteiger partial charge in [0.25, 0.3) is 0 Å². The van der Waals surface area contributed by atoms with Crippen molar-refractivity contribution in [2.45, 2.75) is 39.6 Å². The molecule has 0 bridgehead atoms. The zero-order chi connectivity index (χ0) is 16.1. The number of rotatable bonds is 6. The molecule has 0 aliphatic carbocycles. The Hall–Kier alpha value is -1.54. The van der Waals surface area contributed by atoms with Gasteiger partial charge in [-0.3, -0.25) is 0 Å². The summed E-state index contributed by atoms with van der Waals surface area (Å²) in [4.78, 5) is 0. The first-order chi connectivity index (χ1) is 10.5. The lowest BCUT2D eigenvalue weighted by molar-refractivity contribution is -0.00964. The summed E-state index contributed by atoms with van der Waals surface area (Å²) in [7, 11) is -1.93. The molecule has 3 nitrogen and oxygen atoms in total. The molecule has 2 rings (SSSR count). The fourth-order valence-electron chi connectivity index (χ4n) is 2.61. The van der Waals surface area contributed by atoms with Gasteiger partial charge in [0.1, 0.15) is 0 Å². The van der Waals surface area contributed by atoms with Crippen molar-refractivity contribution in [2.24, 2.45) is 0 Å². The molecule has 22 heavy (non-hydrogen) atoms. The second-order valence-electron chi connectivity index (χ2n) is 5.62. The van der Waals surface area contributed by atoms with E-state index in [1.807, 2.05) is 51.1 Å². The van der Waals surface area contributed by atoms with Gasteiger partial charge >= 0.3 is 8.03 Å². The highest BCUT2D eigenvalue weighted by Gasteiger charge is 2.25. The van der Waals surface area contributed by atoms with Gasteiger partial charge in [0.15, 0.2) is 0 Å². The summed E-state index contributed by atoms with van der Waals surface area (Å²) in [6, 6.07) is 13.7. The van der Waals surface area contributed by atoms with E-state index in [1.165, 1.54) is 5.56 Å². The van der Waals surface area contributed by atoms with Gasteiger partial charge in [-0.25, -0.2) is 0 Å². The Morgan fingerprint density at radius 1 is 1.09 bits per heavy atom. The van der Waals surface area contributed by atoms with Crippen molar-refractivity contribution >= 4 is 8.03 Å². The van der Waals surface area contributed by atoms with Crippen LogP contribution in [-0.2, 0) is 21.7 Å². The zero-order valence-corrected chi connectivity index (χ0v) is 14.1. The van der Waals surface area contributed by atoms with Crippen LogP contribution in [0.15, 0.2) is 42.5 Å². The predicted octanol–water partition coefficient (Wildman–Crippen LogP) is 4.43. The Labute approximate surface area is 132 Å². The van der Waals surface area contributed by atoms with E-state index in [0.29, 0.717) is 12.6 Å². The van der Waals surface area contributed by atoms with Crippen molar-refractivity contribution in [1.82, 2.24) is 0 Å². The van der Waals surface area contributed by atoms with Crippen LogP contribution in [0, 0.1) is 20.8 Å². The molecule has 0 aliphatic heterocycles. The highest BCUT2D eigenvalue weighted by atomic mass is 31.1. The predicted molar refractivity (Wildman–Crippen MR) is 89.2 cm³/mol. The van der Waals surface area contributed by atoms with Crippen molar-refractivity contribution in [3.63, 3.8) is 0 Å². The van der Waals surface area contributed by atoms with Crippen LogP contribution < -0.4 is 0 Å². The molecule has 0 aromatic heterocycles. The summed E-state index contributed by atoms with van der Waals surface area (Å²) in [5.41, 5.74) is 5.42. The lowest BCUT2D eigenvalue weighted by Gasteiger charge is -2.08. The summed E-state index contributed by atoms with van der Waals surface area (Å²) >= 11 is 0. The molecule has 116 valence electrons. The Bertz CT molecular complexity index is 630. The fraction of sp³-hybridized carbons (Fsp3) is 0.333. The Morgan fingerprint density at radius 3 is 2.27 bits per heavy atom. The maximum absolute atomic E-state index is 12.2. The second kappa shape index (κ2) is 7.64. The van der Waals surface area contributed by atoms with Gasteiger partial charge in [-0.2, -0.15) is 0 Å². The van der Waals surface area contributed by atoms with Gasteiger partial charge in [0.05, 0.1) is 0 Å². The number of hydrogen-bond donors (Lipinski definition) is 1. The Balaban J connectivity index is 1.96. The number of aryl methyl sites for hydroxylation is 3. The van der Waals surface area contributed by atoms with E-state index in [4.69, 9.17) is 4.52 Å². The first-order valence-electron chi connectivity index (χ1n) is 7.36. The van der Waals surface area contributed by atoms with Gasteiger partial charge in [0, 0.05) is 12.0 Å². The van der Waals surface area contributed by atoms with E-state index in [2.05, 4.69) is 12.1 Å². The van der Waals surface area contributed by atoms with Crippen molar-refractivity contribution in [1.29, 1.82) is 0 Å². The highest BCUT2D eigenvalue weighted by Crippen LogP contribution is 2.33. The molecule has 0 aliphatic rings. The van der Waals surface area contributed by atoms with Crippen LogP contribution in [-0.4, -0.2) is 11.4 Å². The van der Waals surface area contributed by atoms with Crippen LogP contribution in [0.5, 0.6) is 0 Å². The second-order valence-corrected chi connectivity index (χ2v) is 6.81. The molecule has 2 aromatic carbocycles. The molecule has 1 N–H and O–H groups in total. The summed E-state index contributed by atoms with van der Waals surface area (Å²) < 4.78 is 17.4. The van der Waals surface area contributed by atoms with E-state index < -0.39 is 14.3 Å². The molecule has 0 spiro atoms. The maximum atomic E-state index is 12.2. The minimum Gasteiger partial charge on any atom is -0.364 e. The topological polar surface area (TPSA) is 46.5 Å². The van der Waals surface area contributed by atoms with Crippen molar-refractivity contribution in [3.8, 4) is 0 Å². The van der Waals surface area contributed by atoms with Gasteiger partial charge in [-0.15, -0.1) is 4.52 Å². The molecule has 0 fully saturated rings. The molecule has 4 heteroatoms. The summed E-state index contributed by atoms with van der Waals surface area (Å²) in [6.07, 6.45) is -0.371. The Kier molecular flexibility index (Phi) is 5.84. The first kappa shape index (κ1) is 16.8. The van der Waals surface area contributed by atoms with Crippen LogP contribution in [0.4, 0.5) is 0 Å². The maximum Gasteiger partial charge on any atom is 0.515 e. The van der Waals surface area contributed by atoms with E-state index >= 15 is 0 Å². The third-order valence-corrected chi connectivity index (χ3v) is 4.67. The summed E-state index contributed by atoms with van der Waals surface area (Å²) in [5, 5.41) is 9.93. The van der Waals surface area contributed by atoms with Gasteiger partial charge in [-0.1, -0.05) is 48.0 Å². The van der Waals surface area contributed by atoms with Crippen molar-refractivity contribution < 1.29 is 14.2 Å². The molecular weight excluding hydrogens is 295 g/mol. The first-order valence-corrected chi connectivity index (χ1v) is 8.72. The van der Waals surface area contributed by atoms with Crippen LogP contribution >= 0.6 is 8.03 Å². The number of aliphatic hydroxyl groups excluding tert-OH is 1. The normalized spacial score (nSPS) is 13.0. The molecule has 0 saturated heterocycles. The molecule has 0 heterocycles. The average molecular weight is 317 g/mol. The fourth-order valence-corrected chi connectivity index (χ4v) is 3.79. The van der Waals surface area contributed by atoms with E-state index in [1.54, 1.807) is 0 Å². The van der Waals surface area contributed by atoms with Crippen LogP contribution in [0.3, 0.4) is 0 Å². The van der Waals surface area contributed by atoms with Gasteiger partial charge < -0.3 is 5.11 Å². The van der Waals surface area contributed by atoms with E-state index in [9.17, 15) is 9.67 Å². The molecule has 2 unspecified atom stereocenters. The highest BCUT2D eigenvalue weighted by molar-refractivity contribution is 7.38. The number of aliphatic hydroxyl groups is 1. The largest absolute Gasteiger partial charge is 0.515 e. The molecule has 0 saturated carbocycles. The molecule has 2 aromatic rings. The monoisotopic (exact) mass is 317 g/mol. The molecular formula is C18H22O3P+. The van der Waals surface area contributed by atoms with Crippen LogP contribution in [0.1, 0.15) is 27.8 Å². The lowest BCUT2D eigenvalue weighted by atomic mass is 10.0. The third-order valence-electron chi connectivity index (χ3n) is 3.62. The Morgan fingerprint density at radius 2 is 1.68 bits per heavy atom. The van der Waals surface area contributed by atoms with Crippen molar-refractivity contribution in [3.05, 3.63) is 70.3 Å². The minimum absolute atomic E-state index is 0.332. The van der Waals surface area contributed by atoms with Gasteiger partial charge in [-0.05, 0) is 42.0 Å². The van der Waals surface area contributed by atoms with Crippen LogP contribution in [0.2, 0.25) is 0 Å². The number of benzene rings is 2. The smallest absolute Gasteiger partial charge is 0.364 e. The van der Waals surface area contributed by atoms with Gasteiger partial charge in [0.2, 0.25) is 12.5 Å². The molecule has 2 atom stereocenters. The van der Waals surface area contributed by atoms with E-state index in [-0.39, 0.29) is 0 Å². The number of hydrogen-bond acceptors (Lipinski definition) is 3. The average Bonchev–Trinajstić information content (AvgIpc) is 2.43. The molecule has 0 amide bonds. The minimum atomic E-state index is -1.93. The summed E-state index contributed by atoms with van der Waals surface area (Å²) in [6.45, 7) is 6.07. The third kappa shape index (κ3) is 4.74. The standard InChI is InChI=1S/C18H22O3P/c1-13-9-14(2)17(15(3)10-13)12-22(20)21-18(19)11-16-7-5-4-6-8-16/h4-10,18-19H,11-12H2,1-3H3/q+1. The zero-order valence-electron chi connectivity index (χ0n) is 13.2.